The molecule has 4 rings (SSSR count). The van der Waals surface area contributed by atoms with E-state index in [4.69, 9.17) is 9.72 Å². The molecule has 1 amide bonds. The number of nitrogens with zero attached hydrogens (tertiary/aromatic N) is 1. The van der Waals surface area contributed by atoms with Crippen LogP contribution in [0.1, 0.15) is 70.1 Å². The highest BCUT2D eigenvalue weighted by Gasteiger charge is 2.33. The van der Waals surface area contributed by atoms with Crippen LogP contribution in [0.4, 0.5) is 5.82 Å². The van der Waals surface area contributed by atoms with E-state index in [0.29, 0.717) is 24.6 Å². The molecule has 2 unspecified atom stereocenters. The van der Waals surface area contributed by atoms with Gasteiger partial charge >= 0.3 is 0 Å². The van der Waals surface area contributed by atoms with Gasteiger partial charge in [0, 0.05) is 29.6 Å². The fourth-order valence-electron chi connectivity index (χ4n) is 4.40. The third-order valence-electron chi connectivity index (χ3n) is 6.92. The standard InChI is InChI=1S/C31H39N3O2/c1-20-16-27(20)23-9-12-28-24(17-23)18-25(15-21(2)30(35)32-14-13-31(3,4)5)29(34-28)33-19-22-7-10-26(36-6)11-8-22/h7-12,15,17-18,20,27H,13-14,16,19H2,1-6H3,(H,32,35)(H,33,34)/b21-15+. The first-order chi connectivity index (χ1) is 17.1. The Balaban J connectivity index is 1.60. The third-order valence-corrected chi connectivity index (χ3v) is 6.92. The van der Waals surface area contributed by atoms with Gasteiger partial charge in [0.2, 0.25) is 5.91 Å². The summed E-state index contributed by atoms with van der Waals surface area (Å²) in [5.74, 6) is 2.96. The van der Waals surface area contributed by atoms with Crippen molar-refractivity contribution < 1.29 is 9.53 Å². The molecule has 1 saturated carbocycles. The number of rotatable bonds is 9. The first-order valence-electron chi connectivity index (χ1n) is 12.9. The van der Waals surface area contributed by atoms with Crippen molar-refractivity contribution in [2.75, 3.05) is 19.0 Å². The zero-order chi connectivity index (χ0) is 25.9. The van der Waals surface area contributed by atoms with Crippen molar-refractivity contribution in [2.45, 2.75) is 59.9 Å². The number of fused-ring (bicyclic) bond motifs is 1. The molecule has 1 fully saturated rings. The third kappa shape index (κ3) is 6.66. The van der Waals surface area contributed by atoms with Crippen LogP contribution < -0.4 is 15.4 Å². The molecule has 0 radical (unpaired) electrons. The number of hydrogen-bond donors (Lipinski definition) is 2. The molecule has 36 heavy (non-hydrogen) atoms. The fourth-order valence-corrected chi connectivity index (χ4v) is 4.40. The molecule has 2 N–H and O–H groups in total. The van der Waals surface area contributed by atoms with Gasteiger partial charge in [0.15, 0.2) is 0 Å². The number of carbonyl (C=O) groups excluding carboxylic acids is 1. The van der Waals surface area contributed by atoms with Crippen molar-refractivity contribution in [3.05, 3.63) is 70.8 Å². The van der Waals surface area contributed by atoms with E-state index in [9.17, 15) is 4.79 Å². The summed E-state index contributed by atoms with van der Waals surface area (Å²) < 4.78 is 5.27. The van der Waals surface area contributed by atoms with Crippen molar-refractivity contribution in [1.82, 2.24) is 10.3 Å². The lowest BCUT2D eigenvalue weighted by atomic mass is 9.92. The largest absolute Gasteiger partial charge is 0.497 e. The maximum atomic E-state index is 12.8. The Labute approximate surface area is 215 Å². The minimum absolute atomic E-state index is 0.0407. The molecule has 0 aliphatic heterocycles. The lowest BCUT2D eigenvalue weighted by molar-refractivity contribution is -0.117. The molecule has 1 aromatic heterocycles. The summed E-state index contributed by atoms with van der Waals surface area (Å²) in [5.41, 5.74) is 5.23. The van der Waals surface area contributed by atoms with Gasteiger partial charge in [0.05, 0.1) is 12.6 Å². The highest BCUT2D eigenvalue weighted by molar-refractivity contribution is 5.98. The van der Waals surface area contributed by atoms with E-state index < -0.39 is 0 Å². The molecule has 3 aromatic rings. The van der Waals surface area contributed by atoms with Gasteiger partial charge in [-0.25, -0.2) is 4.98 Å². The maximum absolute atomic E-state index is 12.8. The van der Waals surface area contributed by atoms with Crippen molar-refractivity contribution in [3.63, 3.8) is 0 Å². The minimum Gasteiger partial charge on any atom is -0.497 e. The monoisotopic (exact) mass is 485 g/mol. The predicted molar refractivity (Wildman–Crippen MR) is 149 cm³/mol. The number of benzene rings is 2. The Kier molecular flexibility index (Phi) is 7.67. The van der Waals surface area contributed by atoms with Crippen LogP contribution in [-0.2, 0) is 11.3 Å². The summed E-state index contributed by atoms with van der Waals surface area (Å²) in [6.45, 7) is 12.0. The number of methoxy groups -OCH3 is 1. The molecule has 5 nitrogen and oxygen atoms in total. The molecule has 2 atom stereocenters. The molecule has 1 aliphatic rings. The first-order valence-corrected chi connectivity index (χ1v) is 12.9. The van der Waals surface area contributed by atoms with Crippen LogP contribution in [-0.4, -0.2) is 24.5 Å². The quantitative estimate of drug-likeness (QED) is 0.322. The Morgan fingerprint density at radius 3 is 2.50 bits per heavy atom. The molecule has 1 aliphatic carbocycles. The van der Waals surface area contributed by atoms with Crippen molar-refractivity contribution in [2.24, 2.45) is 11.3 Å². The van der Waals surface area contributed by atoms with E-state index in [-0.39, 0.29) is 11.3 Å². The Morgan fingerprint density at radius 2 is 1.86 bits per heavy atom. The predicted octanol–water partition coefficient (Wildman–Crippen LogP) is 6.93. The van der Waals surface area contributed by atoms with Gasteiger partial charge in [-0.05, 0) is 84.6 Å². The van der Waals surface area contributed by atoms with Crippen molar-refractivity contribution >= 4 is 28.7 Å². The summed E-state index contributed by atoms with van der Waals surface area (Å²) in [4.78, 5) is 17.8. The maximum Gasteiger partial charge on any atom is 0.246 e. The van der Waals surface area contributed by atoms with Crippen LogP contribution in [0.5, 0.6) is 5.75 Å². The summed E-state index contributed by atoms with van der Waals surface area (Å²) in [6.07, 6.45) is 4.13. The Morgan fingerprint density at radius 1 is 1.14 bits per heavy atom. The normalized spacial score (nSPS) is 17.7. The summed E-state index contributed by atoms with van der Waals surface area (Å²) in [5, 5.41) is 7.66. The number of ether oxygens (including phenoxy) is 1. The van der Waals surface area contributed by atoms with E-state index >= 15 is 0 Å². The number of nitrogens with one attached hydrogen (secondary N) is 2. The number of hydrogen-bond acceptors (Lipinski definition) is 4. The van der Waals surface area contributed by atoms with Gasteiger partial charge in [-0.2, -0.15) is 0 Å². The van der Waals surface area contributed by atoms with Gasteiger partial charge in [-0.3, -0.25) is 4.79 Å². The fraction of sp³-hybridized carbons (Fsp3) is 0.419. The second-order valence-corrected chi connectivity index (χ2v) is 11.3. The Hall–Kier alpha value is -3.34. The second-order valence-electron chi connectivity index (χ2n) is 11.3. The smallest absolute Gasteiger partial charge is 0.246 e. The molecular formula is C31H39N3O2. The molecule has 190 valence electrons. The summed E-state index contributed by atoms with van der Waals surface area (Å²) in [6, 6.07) is 16.7. The van der Waals surface area contributed by atoms with E-state index in [1.807, 2.05) is 37.3 Å². The van der Waals surface area contributed by atoms with Crippen LogP contribution in [0.25, 0.3) is 17.0 Å². The van der Waals surface area contributed by atoms with Gasteiger partial charge < -0.3 is 15.4 Å². The van der Waals surface area contributed by atoms with Crippen LogP contribution in [0.3, 0.4) is 0 Å². The van der Waals surface area contributed by atoms with E-state index in [2.05, 4.69) is 62.6 Å². The lowest BCUT2D eigenvalue weighted by Crippen LogP contribution is -2.27. The van der Waals surface area contributed by atoms with Gasteiger partial charge in [0.25, 0.3) is 0 Å². The SMILES string of the molecule is COc1ccc(CNc2nc3ccc(C4CC4C)cc3cc2/C=C(\C)C(=O)NCCC(C)(C)C)cc1. The molecular weight excluding hydrogens is 446 g/mol. The highest BCUT2D eigenvalue weighted by atomic mass is 16.5. The van der Waals surface area contributed by atoms with Gasteiger partial charge in [0.1, 0.15) is 11.6 Å². The number of amides is 1. The molecule has 0 bridgehead atoms. The van der Waals surface area contributed by atoms with Crippen molar-refractivity contribution in [1.29, 1.82) is 0 Å². The van der Waals surface area contributed by atoms with Crippen LogP contribution >= 0.6 is 0 Å². The van der Waals surface area contributed by atoms with E-state index in [1.54, 1.807) is 7.11 Å². The average molecular weight is 486 g/mol. The Bertz CT molecular complexity index is 1260. The first kappa shape index (κ1) is 25.7. The summed E-state index contributed by atoms with van der Waals surface area (Å²) in [7, 11) is 1.67. The minimum atomic E-state index is -0.0407. The average Bonchev–Trinajstić information content (AvgIpc) is 3.58. The van der Waals surface area contributed by atoms with E-state index in [1.165, 1.54) is 12.0 Å². The molecule has 0 saturated heterocycles. The zero-order valence-electron chi connectivity index (χ0n) is 22.4. The molecule has 1 heterocycles. The lowest BCUT2D eigenvalue weighted by Gasteiger charge is -2.18. The van der Waals surface area contributed by atoms with Crippen LogP contribution in [0.15, 0.2) is 54.1 Å². The van der Waals surface area contributed by atoms with Crippen molar-refractivity contribution in [3.8, 4) is 5.75 Å². The summed E-state index contributed by atoms with van der Waals surface area (Å²) >= 11 is 0. The van der Waals surface area contributed by atoms with Crippen LogP contribution in [0, 0.1) is 11.3 Å². The highest BCUT2D eigenvalue weighted by Crippen LogP contribution is 2.47. The van der Waals surface area contributed by atoms with Gasteiger partial charge in [-0.1, -0.05) is 45.9 Å². The molecule has 2 aromatic carbocycles. The van der Waals surface area contributed by atoms with Crippen LogP contribution in [0.2, 0.25) is 0 Å². The number of anilines is 1. The zero-order valence-corrected chi connectivity index (χ0v) is 22.4. The number of carbonyl (C=O) groups is 1. The molecule has 5 heteroatoms. The number of aromatic nitrogens is 1. The van der Waals surface area contributed by atoms with Gasteiger partial charge in [-0.15, -0.1) is 0 Å². The molecule has 0 spiro atoms. The van der Waals surface area contributed by atoms with E-state index in [0.717, 1.165) is 45.9 Å². The number of pyridine rings is 1. The second kappa shape index (κ2) is 10.7. The topological polar surface area (TPSA) is 63.2 Å².